The van der Waals surface area contributed by atoms with Crippen molar-refractivity contribution in [2.24, 2.45) is 0 Å². The summed E-state index contributed by atoms with van der Waals surface area (Å²) in [5.74, 6) is -0.550. The number of esters is 1. The zero-order valence-corrected chi connectivity index (χ0v) is 16.8. The van der Waals surface area contributed by atoms with Gasteiger partial charge in [-0.3, -0.25) is 14.5 Å². The van der Waals surface area contributed by atoms with E-state index in [-0.39, 0.29) is 36.8 Å². The molecule has 1 heterocycles. The molecule has 7 nitrogen and oxygen atoms in total. The Morgan fingerprint density at radius 3 is 2.55 bits per heavy atom. The van der Waals surface area contributed by atoms with E-state index >= 15 is 0 Å². The van der Waals surface area contributed by atoms with E-state index in [9.17, 15) is 14.4 Å². The van der Waals surface area contributed by atoms with Gasteiger partial charge in [0.05, 0.1) is 30.6 Å². The molecule has 0 radical (unpaired) electrons. The molecular formula is C22H25N3O4. The monoisotopic (exact) mass is 395 g/mol. The number of nitrogens with zero attached hydrogens (tertiary/aromatic N) is 2. The molecule has 3 rings (SSSR count). The Kier molecular flexibility index (Phi) is 6.29. The van der Waals surface area contributed by atoms with Gasteiger partial charge in [0.1, 0.15) is 0 Å². The molecule has 152 valence electrons. The number of fused-ring (bicyclic) bond motifs is 1. The van der Waals surface area contributed by atoms with Gasteiger partial charge in [0.15, 0.2) is 0 Å². The van der Waals surface area contributed by atoms with Crippen LogP contribution in [0.5, 0.6) is 0 Å². The van der Waals surface area contributed by atoms with Crippen LogP contribution in [0.4, 0.5) is 11.4 Å². The lowest BCUT2D eigenvalue weighted by Crippen LogP contribution is -2.44. The van der Waals surface area contributed by atoms with E-state index in [4.69, 9.17) is 4.74 Å². The highest BCUT2D eigenvalue weighted by Gasteiger charge is 2.29. The second-order valence-electron chi connectivity index (χ2n) is 7.24. The number of amides is 2. The topological polar surface area (TPSA) is 79.0 Å². The maximum atomic E-state index is 13.1. The van der Waals surface area contributed by atoms with E-state index in [0.717, 1.165) is 5.56 Å². The molecule has 29 heavy (non-hydrogen) atoms. The van der Waals surface area contributed by atoms with E-state index in [1.54, 1.807) is 23.1 Å². The first-order chi connectivity index (χ1) is 13.9. The van der Waals surface area contributed by atoms with E-state index in [1.807, 2.05) is 49.2 Å². The fourth-order valence-corrected chi connectivity index (χ4v) is 3.51. The lowest BCUT2D eigenvalue weighted by Gasteiger charge is -2.29. The predicted molar refractivity (Wildman–Crippen MR) is 111 cm³/mol. The summed E-state index contributed by atoms with van der Waals surface area (Å²) in [6, 6.07) is 14.2. The molecule has 0 bridgehead atoms. The Balaban J connectivity index is 1.70. The van der Waals surface area contributed by atoms with Crippen molar-refractivity contribution in [2.75, 3.05) is 30.9 Å². The number of carbonyl (C=O) groups is 3. The first-order valence-corrected chi connectivity index (χ1v) is 9.45. The van der Waals surface area contributed by atoms with Gasteiger partial charge in [0.25, 0.3) is 0 Å². The molecule has 0 saturated heterocycles. The quantitative estimate of drug-likeness (QED) is 0.788. The van der Waals surface area contributed by atoms with Gasteiger partial charge in [-0.2, -0.15) is 0 Å². The van der Waals surface area contributed by atoms with Crippen LogP contribution in [0.2, 0.25) is 0 Å². The predicted octanol–water partition coefficient (Wildman–Crippen LogP) is 2.67. The summed E-state index contributed by atoms with van der Waals surface area (Å²) in [4.78, 5) is 40.3. The van der Waals surface area contributed by atoms with Crippen LogP contribution < -0.4 is 10.2 Å². The number of hydrogen-bond acceptors (Lipinski definition) is 5. The molecule has 0 fully saturated rings. The lowest BCUT2D eigenvalue weighted by atomic mass is 10.1. The molecule has 7 heteroatoms. The number of anilines is 2. The van der Waals surface area contributed by atoms with Gasteiger partial charge in [-0.15, -0.1) is 0 Å². The van der Waals surface area contributed by atoms with Crippen molar-refractivity contribution in [3.63, 3.8) is 0 Å². The van der Waals surface area contributed by atoms with Crippen molar-refractivity contribution in [3.8, 4) is 0 Å². The fourth-order valence-electron chi connectivity index (χ4n) is 3.51. The summed E-state index contributed by atoms with van der Waals surface area (Å²) in [6.45, 7) is 2.63. The van der Waals surface area contributed by atoms with Crippen LogP contribution in [-0.2, 0) is 20.9 Å². The van der Waals surface area contributed by atoms with Crippen molar-refractivity contribution in [1.29, 1.82) is 0 Å². The zero-order valence-electron chi connectivity index (χ0n) is 16.8. The third kappa shape index (κ3) is 4.81. The van der Waals surface area contributed by atoms with Crippen LogP contribution in [0.15, 0.2) is 48.5 Å². The fraction of sp³-hybridized carbons (Fsp3) is 0.318. The smallest absolute Gasteiger partial charge is 0.337 e. The van der Waals surface area contributed by atoms with Crippen LogP contribution in [0, 0.1) is 0 Å². The molecule has 2 amide bonds. The van der Waals surface area contributed by atoms with E-state index in [2.05, 4.69) is 5.32 Å². The highest BCUT2D eigenvalue weighted by molar-refractivity contribution is 6.04. The summed E-state index contributed by atoms with van der Waals surface area (Å²) in [7, 11) is 3.21. The number of ether oxygens (including phenoxy) is 1. The van der Waals surface area contributed by atoms with Crippen LogP contribution in [0.1, 0.15) is 29.3 Å². The van der Waals surface area contributed by atoms with Gasteiger partial charge in [0.2, 0.25) is 11.8 Å². The largest absolute Gasteiger partial charge is 0.465 e. The van der Waals surface area contributed by atoms with Crippen molar-refractivity contribution in [2.45, 2.75) is 25.9 Å². The molecule has 1 aliphatic heterocycles. The van der Waals surface area contributed by atoms with Gasteiger partial charge >= 0.3 is 5.97 Å². The minimum Gasteiger partial charge on any atom is -0.465 e. The van der Waals surface area contributed by atoms with Crippen LogP contribution in [-0.4, -0.2) is 49.4 Å². The molecule has 1 aliphatic rings. The molecule has 0 aromatic heterocycles. The number of nitrogens with one attached hydrogen (secondary N) is 1. The van der Waals surface area contributed by atoms with Crippen molar-refractivity contribution in [3.05, 3.63) is 59.7 Å². The molecule has 1 N–H and O–H groups in total. The van der Waals surface area contributed by atoms with Crippen molar-refractivity contribution >= 4 is 29.2 Å². The summed E-state index contributed by atoms with van der Waals surface area (Å²) in [5, 5.41) is 2.87. The van der Waals surface area contributed by atoms with E-state index < -0.39 is 0 Å². The molecule has 2 aromatic rings. The number of methoxy groups -OCH3 is 1. The number of benzene rings is 2. The number of para-hydroxylation sites is 2. The normalized spacial score (nSPS) is 16.1. The minimum atomic E-state index is -0.378. The van der Waals surface area contributed by atoms with Crippen molar-refractivity contribution < 1.29 is 19.1 Å². The SMILES string of the molecule is COC(=O)c1ccc(CN(C)CC(=O)N2c3ccccc3NC(=O)C[C@@H]2C)cc1. The van der Waals surface area contributed by atoms with Gasteiger partial charge < -0.3 is 15.0 Å². The lowest BCUT2D eigenvalue weighted by molar-refractivity contribution is -0.120. The van der Waals surface area contributed by atoms with E-state index in [1.165, 1.54) is 7.11 Å². The molecular weight excluding hydrogens is 370 g/mol. The number of carbonyl (C=O) groups excluding carboxylic acids is 3. The molecule has 1 atom stereocenters. The van der Waals surface area contributed by atoms with Crippen molar-refractivity contribution in [1.82, 2.24) is 4.90 Å². The van der Waals surface area contributed by atoms with Crippen LogP contribution in [0.3, 0.4) is 0 Å². The first-order valence-electron chi connectivity index (χ1n) is 9.45. The molecule has 0 unspecified atom stereocenters. The number of rotatable bonds is 5. The Bertz CT molecular complexity index is 911. The number of likely N-dealkylation sites (N-methyl/N-ethyl adjacent to an activating group) is 1. The summed E-state index contributed by atoms with van der Waals surface area (Å²) in [6.07, 6.45) is 0.249. The third-order valence-electron chi connectivity index (χ3n) is 4.86. The van der Waals surface area contributed by atoms with Gasteiger partial charge in [0, 0.05) is 19.0 Å². The van der Waals surface area contributed by atoms with Gasteiger partial charge in [-0.25, -0.2) is 4.79 Å². The van der Waals surface area contributed by atoms with Gasteiger partial charge in [-0.05, 0) is 43.8 Å². The summed E-state index contributed by atoms with van der Waals surface area (Å²) in [5.41, 5.74) is 2.83. The Morgan fingerprint density at radius 2 is 1.86 bits per heavy atom. The minimum absolute atomic E-state index is 0.0740. The summed E-state index contributed by atoms with van der Waals surface area (Å²) < 4.78 is 4.70. The molecule has 0 spiro atoms. The van der Waals surface area contributed by atoms with Crippen LogP contribution >= 0.6 is 0 Å². The highest BCUT2D eigenvalue weighted by atomic mass is 16.5. The second-order valence-corrected chi connectivity index (χ2v) is 7.24. The average Bonchev–Trinajstić information content (AvgIpc) is 2.81. The molecule has 0 saturated carbocycles. The third-order valence-corrected chi connectivity index (χ3v) is 4.86. The standard InChI is InChI=1S/C22H25N3O4/c1-15-12-20(26)23-18-6-4-5-7-19(18)25(15)21(27)14-24(2)13-16-8-10-17(11-9-16)22(28)29-3/h4-11,15H,12-14H2,1-3H3,(H,23,26)/t15-/m0/s1. The maximum Gasteiger partial charge on any atom is 0.337 e. The first kappa shape index (κ1) is 20.5. The second kappa shape index (κ2) is 8.87. The van der Waals surface area contributed by atoms with Crippen LogP contribution in [0.25, 0.3) is 0 Å². The Morgan fingerprint density at radius 1 is 1.17 bits per heavy atom. The van der Waals surface area contributed by atoms with E-state index in [0.29, 0.717) is 23.5 Å². The zero-order chi connectivity index (χ0) is 21.0. The number of hydrogen-bond donors (Lipinski definition) is 1. The Labute approximate surface area is 170 Å². The Hall–Kier alpha value is -3.19. The molecule has 2 aromatic carbocycles. The summed E-state index contributed by atoms with van der Waals surface area (Å²) >= 11 is 0. The highest BCUT2D eigenvalue weighted by Crippen LogP contribution is 2.31. The average molecular weight is 395 g/mol. The van der Waals surface area contributed by atoms with Gasteiger partial charge in [-0.1, -0.05) is 24.3 Å². The maximum absolute atomic E-state index is 13.1. The molecule has 0 aliphatic carbocycles.